The summed E-state index contributed by atoms with van der Waals surface area (Å²) in [5.41, 5.74) is 1.38. The molecule has 0 amide bonds. The average Bonchev–Trinajstić information content (AvgIpc) is 3.19. The van der Waals surface area contributed by atoms with E-state index in [1.807, 2.05) is 0 Å². The molecule has 0 unspecified atom stereocenters. The molecule has 0 bridgehead atoms. The molecule has 2 heterocycles. The van der Waals surface area contributed by atoms with E-state index in [4.69, 9.17) is 0 Å². The summed E-state index contributed by atoms with van der Waals surface area (Å²) in [6, 6.07) is 11.5. The van der Waals surface area contributed by atoms with Crippen molar-refractivity contribution in [1.82, 2.24) is 19.9 Å². The van der Waals surface area contributed by atoms with Crippen molar-refractivity contribution >= 4 is 44.3 Å². The molecule has 4 aromatic rings. The molecule has 0 saturated carbocycles. The summed E-state index contributed by atoms with van der Waals surface area (Å²) >= 11 is 0. The SMILES string of the molecule is CS(=O)(=O)Nc1cccc(Nc2nc(NCc3cccc(C(F)(F)F)c3)c3nc[nH]c3n2)c1. The number of alkyl halides is 3. The van der Waals surface area contributed by atoms with Gasteiger partial charge in [0, 0.05) is 12.2 Å². The van der Waals surface area contributed by atoms with Gasteiger partial charge in [-0.05, 0) is 35.9 Å². The monoisotopic (exact) mass is 477 g/mol. The van der Waals surface area contributed by atoms with E-state index in [9.17, 15) is 21.6 Å². The Morgan fingerprint density at radius 3 is 2.55 bits per heavy atom. The fraction of sp³-hybridized carbons (Fsp3) is 0.150. The summed E-state index contributed by atoms with van der Waals surface area (Å²) in [5, 5.41) is 5.99. The standard InChI is InChI=1S/C20H18F3N7O2S/c1-33(31,32)30-15-7-3-6-14(9-15)27-19-28-17(16-18(29-19)26-11-25-16)24-10-12-4-2-5-13(8-12)20(21,22)23/h2-9,11,30H,10H2,1H3,(H3,24,25,26,27,28,29). The third-order valence-electron chi connectivity index (χ3n) is 4.42. The lowest BCUT2D eigenvalue weighted by molar-refractivity contribution is -0.137. The molecule has 4 rings (SSSR count). The normalized spacial score (nSPS) is 12.0. The number of hydrogen-bond acceptors (Lipinski definition) is 7. The first kappa shape index (κ1) is 22.3. The van der Waals surface area contributed by atoms with Gasteiger partial charge in [0.15, 0.2) is 11.5 Å². The maximum absolute atomic E-state index is 13.0. The number of sulfonamides is 1. The van der Waals surface area contributed by atoms with Gasteiger partial charge in [0.05, 0.1) is 23.8 Å². The molecular weight excluding hydrogens is 459 g/mol. The quantitative estimate of drug-likeness (QED) is 0.316. The third kappa shape index (κ3) is 5.68. The number of nitrogens with one attached hydrogen (secondary N) is 4. The number of rotatable bonds is 7. The smallest absolute Gasteiger partial charge is 0.364 e. The average molecular weight is 477 g/mol. The number of anilines is 4. The third-order valence-corrected chi connectivity index (χ3v) is 5.02. The topological polar surface area (TPSA) is 125 Å². The number of benzene rings is 2. The van der Waals surface area contributed by atoms with E-state index in [-0.39, 0.29) is 12.5 Å². The van der Waals surface area contributed by atoms with Crippen LogP contribution in [0.15, 0.2) is 54.9 Å². The largest absolute Gasteiger partial charge is 0.416 e. The predicted octanol–water partition coefficient (Wildman–Crippen LogP) is 4.10. The van der Waals surface area contributed by atoms with Gasteiger partial charge < -0.3 is 15.6 Å². The number of imidazole rings is 1. The van der Waals surface area contributed by atoms with Gasteiger partial charge >= 0.3 is 6.18 Å². The lowest BCUT2D eigenvalue weighted by Gasteiger charge is -2.12. The van der Waals surface area contributed by atoms with Crippen molar-refractivity contribution in [2.45, 2.75) is 12.7 Å². The van der Waals surface area contributed by atoms with Gasteiger partial charge in [-0.3, -0.25) is 4.72 Å². The lowest BCUT2D eigenvalue weighted by atomic mass is 10.1. The number of aromatic amines is 1. The molecule has 0 spiro atoms. The second-order valence-electron chi connectivity index (χ2n) is 7.13. The Balaban J connectivity index is 1.57. The van der Waals surface area contributed by atoms with Crippen LogP contribution >= 0.6 is 0 Å². The van der Waals surface area contributed by atoms with Crippen molar-refractivity contribution in [3.05, 3.63) is 66.0 Å². The zero-order valence-electron chi connectivity index (χ0n) is 17.1. The van der Waals surface area contributed by atoms with Gasteiger partial charge in [-0.25, -0.2) is 13.4 Å². The van der Waals surface area contributed by atoms with E-state index in [1.54, 1.807) is 30.3 Å². The summed E-state index contributed by atoms with van der Waals surface area (Å²) in [6.07, 6.45) is -1.96. The van der Waals surface area contributed by atoms with E-state index in [0.29, 0.717) is 33.9 Å². The van der Waals surface area contributed by atoms with Gasteiger partial charge in [-0.1, -0.05) is 18.2 Å². The van der Waals surface area contributed by atoms with E-state index in [2.05, 4.69) is 35.3 Å². The molecule has 0 saturated heterocycles. The van der Waals surface area contributed by atoms with Crippen molar-refractivity contribution in [1.29, 1.82) is 0 Å². The van der Waals surface area contributed by atoms with Crippen LogP contribution in [0.2, 0.25) is 0 Å². The summed E-state index contributed by atoms with van der Waals surface area (Å²) in [7, 11) is -3.44. The second kappa shape index (κ2) is 8.58. The maximum Gasteiger partial charge on any atom is 0.416 e. The van der Waals surface area contributed by atoms with Crippen LogP contribution in [0.25, 0.3) is 11.2 Å². The first-order chi connectivity index (χ1) is 15.6. The van der Waals surface area contributed by atoms with Crippen LogP contribution in [0.5, 0.6) is 0 Å². The highest BCUT2D eigenvalue weighted by Gasteiger charge is 2.30. The summed E-state index contributed by atoms with van der Waals surface area (Å²) in [6.45, 7) is 0.0795. The van der Waals surface area contributed by atoms with Crippen molar-refractivity contribution in [2.24, 2.45) is 0 Å². The number of nitrogens with zero attached hydrogens (tertiary/aromatic N) is 3. The van der Waals surface area contributed by atoms with Crippen molar-refractivity contribution in [3.8, 4) is 0 Å². The highest BCUT2D eigenvalue weighted by Crippen LogP contribution is 2.30. The van der Waals surface area contributed by atoms with Crippen LogP contribution in [0.3, 0.4) is 0 Å². The fourth-order valence-corrected chi connectivity index (χ4v) is 3.62. The van der Waals surface area contributed by atoms with E-state index in [1.165, 1.54) is 12.4 Å². The molecule has 0 aliphatic carbocycles. The van der Waals surface area contributed by atoms with Crippen LogP contribution in [-0.4, -0.2) is 34.6 Å². The Bertz CT molecular complexity index is 1400. The lowest BCUT2D eigenvalue weighted by Crippen LogP contribution is -2.10. The van der Waals surface area contributed by atoms with Gasteiger partial charge in [0.2, 0.25) is 16.0 Å². The maximum atomic E-state index is 13.0. The molecule has 9 nitrogen and oxygen atoms in total. The molecule has 0 atom stereocenters. The second-order valence-corrected chi connectivity index (χ2v) is 8.88. The van der Waals surface area contributed by atoms with E-state index < -0.39 is 21.8 Å². The summed E-state index contributed by atoms with van der Waals surface area (Å²) in [4.78, 5) is 15.7. The first-order valence-electron chi connectivity index (χ1n) is 9.53. The molecule has 0 radical (unpaired) electrons. The van der Waals surface area contributed by atoms with Crippen LogP contribution in [0.4, 0.5) is 36.3 Å². The zero-order chi connectivity index (χ0) is 23.6. The molecule has 4 N–H and O–H groups in total. The van der Waals surface area contributed by atoms with Crippen LogP contribution < -0.4 is 15.4 Å². The van der Waals surface area contributed by atoms with Crippen LogP contribution in [0, 0.1) is 0 Å². The molecular formula is C20H18F3N7O2S. The number of halogens is 3. The minimum atomic E-state index is -4.43. The highest BCUT2D eigenvalue weighted by molar-refractivity contribution is 7.92. The summed E-state index contributed by atoms with van der Waals surface area (Å²) in [5.74, 6) is 0.487. The predicted molar refractivity (Wildman–Crippen MR) is 119 cm³/mol. The number of aromatic nitrogens is 4. The summed E-state index contributed by atoms with van der Waals surface area (Å²) < 4.78 is 64.2. The highest BCUT2D eigenvalue weighted by atomic mass is 32.2. The number of hydrogen-bond donors (Lipinski definition) is 4. The van der Waals surface area contributed by atoms with Crippen molar-refractivity contribution < 1.29 is 21.6 Å². The van der Waals surface area contributed by atoms with Crippen molar-refractivity contribution in [3.63, 3.8) is 0 Å². The van der Waals surface area contributed by atoms with Crippen LogP contribution in [0.1, 0.15) is 11.1 Å². The Labute approximate surface area is 186 Å². The molecule has 2 aromatic carbocycles. The fourth-order valence-electron chi connectivity index (χ4n) is 3.06. The molecule has 0 aliphatic heterocycles. The minimum Gasteiger partial charge on any atom is -0.364 e. The Hall–Kier alpha value is -3.87. The van der Waals surface area contributed by atoms with Crippen LogP contribution in [-0.2, 0) is 22.7 Å². The molecule has 33 heavy (non-hydrogen) atoms. The molecule has 13 heteroatoms. The van der Waals surface area contributed by atoms with Gasteiger partial charge in [0.25, 0.3) is 0 Å². The van der Waals surface area contributed by atoms with Gasteiger partial charge in [-0.2, -0.15) is 23.1 Å². The Kier molecular flexibility index (Phi) is 5.80. The minimum absolute atomic E-state index is 0.0795. The van der Waals surface area contributed by atoms with Gasteiger partial charge in [0.1, 0.15) is 5.52 Å². The van der Waals surface area contributed by atoms with E-state index in [0.717, 1.165) is 18.4 Å². The number of fused-ring (bicyclic) bond motifs is 1. The Morgan fingerprint density at radius 2 is 1.79 bits per heavy atom. The van der Waals surface area contributed by atoms with Crippen molar-refractivity contribution in [2.75, 3.05) is 21.6 Å². The number of H-pyrrole nitrogens is 1. The molecule has 0 fully saturated rings. The molecule has 172 valence electrons. The van der Waals surface area contributed by atoms with E-state index >= 15 is 0 Å². The Morgan fingerprint density at radius 1 is 1.03 bits per heavy atom. The zero-order valence-corrected chi connectivity index (χ0v) is 17.9. The molecule has 2 aromatic heterocycles. The molecule has 0 aliphatic rings. The first-order valence-corrected chi connectivity index (χ1v) is 11.4. The van der Waals surface area contributed by atoms with Gasteiger partial charge in [-0.15, -0.1) is 0 Å².